The zero-order valence-electron chi connectivity index (χ0n) is 21.0. The van der Waals surface area contributed by atoms with Crippen LogP contribution in [0.15, 0.2) is 54.7 Å². The van der Waals surface area contributed by atoms with Crippen LogP contribution in [0.2, 0.25) is 0 Å². The Labute approximate surface area is 218 Å². The van der Waals surface area contributed by atoms with E-state index in [0.29, 0.717) is 5.92 Å². The van der Waals surface area contributed by atoms with E-state index in [2.05, 4.69) is 69.9 Å². The third-order valence-corrected chi connectivity index (χ3v) is 7.94. The fraction of sp³-hybridized carbons (Fsp3) is 0.500. The second kappa shape index (κ2) is 10.6. The van der Waals surface area contributed by atoms with E-state index >= 15 is 0 Å². The van der Waals surface area contributed by atoms with Gasteiger partial charge in [0.05, 0.1) is 12.2 Å². The molecule has 0 spiro atoms. The van der Waals surface area contributed by atoms with Gasteiger partial charge in [-0.3, -0.25) is 0 Å². The average Bonchev–Trinajstić information content (AvgIpc) is 2.94. The van der Waals surface area contributed by atoms with Gasteiger partial charge in [0.25, 0.3) is 0 Å². The van der Waals surface area contributed by atoms with Crippen LogP contribution < -0.4 is 0 Å². The first-order valence-electron chi connectivity index (χ1n) is 12.3. The van der Waals surface area contributed by atoms with Crippen LogP contribution in [0, 0.1) is 35.7 Å². The summed E-state index contributed by atoms with van der Waals surface area (Å²) in [4.78, 5) is 4.48. The fourth-order valence-corrected chi connectivity index (χ4v) is 5.98. The number of aryl methyl sites for hydroxylation is 1. The van der Waals surface area contributed by atoms with Crippen LogP contribution in [0.25, 0.3) is 22.0 Å². The van der Waals surface area contributed by atoms with Crippen LogP contribution >= 0.6 is 0 Å². The molecule has 2 N–H and O–H groups in total. The van der Waals surface area contributed by atoms with Crippen LogP contribution in [-0.4, -0.2) is 27.4 Å². The van der Waals surface area contributed by atoms with Crippen molar-refractivity contribution in [3.05, 3.63) is 66.4 Å². The molecule has 0 bridgehead atoms. The van der Waals surface area contributed by atoms with E-state index in [1.807, 2.05) is 30.5 Å². The molecule has 3 nitrogen and oxygen atoms in total. The topological polar surface area (TPSA) is 53.4 Å². The summed E-state index contributed by atoms with van der Waals surface area (Å²) in [6.45, 7) is 10.6. The summed E-state index contributed by atoms with van der Waals surface area (Å²) in [7, 11) is 0. The van der Waals surface area contributed by atoms with Gasteiger partial charge >= 0.3 is 0 Å². The van der Waals surface area contributed by atoms with Gasteiger partial charge in [0, 0.05) is 32.2 Å². The first kappa shape index (κ1) is 27.0. The van der Waals surface area contributed by atoms with Crippen molar-refractivity contribution in [3.8, 4) is 11.3 Å². The number of benzene rings is 2. The molecular formula is C30H38IrNO2-. The molecule has 2 fully saturated rings. The van der Waals surface area contributed by atoms with Crippen molar-refractivity contribution in [1.29, 1.82) is 0 Å². The Kier molecular flexibility index (Phi) is 8.41. The molecule has 4 unspecified atom stereocenters. The van der Waals surface area contributed by atoms with Crippen LogP contribution in [-0.2, 0) is 20.1 Å². The van der Waals surface area contributed by atoms with Crippen molar-refractivity contribution in [2.45, 2.75) is 72.5 Å². The predicted molar refractivity (Wildman–Crippen MR) is 136 cm³/mol. The molecule has 0 amide bonds. The Morgan fingerprint density at radius 3 is 2.41 bits per heavy atom. The van der Waals surface area contributed by atoms with Gasteiger partial charge in [0.2, 0.25) is 0 Å². The molecule has 1 heterocycles. The Morgan fingerprint density at radius 2 is 1.71 bits per heavy atom. The molecule has 2 aliphatic carbocycles. The van der Waals surface area contributed by atoms with E-state index in [0.717, 1.165) is 24.1 Å². The Morgan fingerprint density at radius 1 is 0.971 bits per heavy atom. The third-order valence-electron chi connectivity index (χ3n) is 7.94. The van der Waals surface area contributed by atoms with Crippen LogP contribution in [0.5, 0.6) is 0 Å². The molecule has 2 aliphatic rings. The van der Waals surface area contributed by atoms with Crippen molar-refractivity contribution < 1.29 is 30.3 Å². The first-order chi connectivity index (χ1) is 15.6. The molecule has 185 valence electrons. The number of aliphatic hydroxyl groups is 2. The van der Waals surface area contributed by atoms with Crippen LogP contribution in [0.4, 0.5) is 0 Å². The largest absolute Gasteiger partial charge is 0.392 e. The van der Waals surface area contributed by atoms with Crippen LogP contribution in [0.1, 0.15) is 58.9 Å². The Hall–Kier alpha value is -1.58. The van der Waals surface area contributed by atoms with Gasteiger partial charge < -0.3 is 15.2 Å². The zero-order chi connectivity index (χ0) is 23.8. The van der Waals surface area contributed by atoms with E-state index in [1.165, 1.54) is 29.2 Å². The number of pyridine rings is 1. The van der Waals surface area contributed by atoms with Gasteiger partial charge in [-0.1, -0.05) is 57.9 Å². The van der Waals surface area contributed by atoms with Gasteiger partial charge in [0.15, 0.2) is 0 Å². The minimum absolute atomic E-state index is 0. The molecule has 1 aromatic heterocycles. The molecule has 2 aromatic carbocycles. The predicted octanol–water partition coefficient (Wildman–Crippen LogP) is 6.59. The molecule has 34 heavy (non-hydrogen) atoms. The van der Waals surface area contributed by atoms with Gasteiger partial charge in [-0.05, 0) is 65.5 Å². The summed E-state index contributed by atoms with van der Waals surface area (Å²) >= 11 is 0. The summed E-state index contributed by atoms with van der Waals surface area (Å²) in [5.41, 5.74) is 3.25. The summed E-state index contributed by atoms with van der Waals surface area (Å²) in [5, 5.41) is 23.4. The number of aliphatic hydroxyl groups excluding tert-OH is 2. The number of rotatable bonds is 1. The van der Waals surface area contributed by atoms with E-state index in [1.54, 1.807) is 0 Å². The maximum atomic E-state index is 10.5. The van der Waals surface area contributed by atoms with Crippen molar-refractivity contribution in [1.82, 2.24) is 4.98 Å². The minimum Gasteiger partial charge on any atom is -0.392 e. The monoisotopic (exact) mass is 637 g/mol. The smallest absolute Gasteiger partial charge is 0.0646 e. The zero-order valence-corrected chi connectivity index (χ0v) is 23.4. The minimum atomic E-state index is -0.350. The van der Waals surface area contributed by atoms with Gasteiger partial charge in [-0.15, -0.1) is 35.9 Å². The Bertz CT molecular complexity index is 1100. The van der Waals surface area contributed by atoms with E-state index in [9.17, 15) is 10.2 Å². The molecular weight excluding hydrogens is 599 g/mol. The summed E-state index contributed by atoms with van der Waals surface area (Å²) < 4.78 is 0. The third kappa shape index (κ3) is 5.46. The molecule has 3 aromatic rings. The fourth-order valence-electron chi connectivity index (χ4n) is 5.98. The number of fused-ring (bicyclic) bond motifs is 2. The molecule has 1 radical (unpaired) electrons. The maximum Gasteiger partial charge on any atom is 0.0646 e. The van der Waals surface area contributed by atoms with E-state index in [-0.39, 0.29) is 49.1 Å². The molecule has 5 rings (SSSR count). The SMILES string of the molecule is CC1(C)CCCC2CC(C)(C)C(O)C2C1O.Cc1ccc2c(-c3[c-]cccc3)nccc2c1.[Ir]. The molecule has 4 atom stereocenters. The van der Waals surface area contributed by atoms with Gasteiger partial charge in [0.1, 0.15) is 0 Å². The molecule has 2 saturated carbocycles. The molecule has 4 heteroatoms. The second-order valence-electron chi connectivity index (χ2n) is 11.5. The van der Waals surface area contributed by atoms with Crippen molar-refractivity contribution in [2.75, 3.05) is 0 Å². The number of hydrogen-bond donors (Lipinski definition) is 2. The van der Waals surface area contributed by atoms with Gasteiger partial charge in [-0.2, -0.15) is 0 Å². The first-order valence-corrected chi connectivity index (χ1v) is 12.3. The van der Waals surface area contributed by atoms with E-state index in [4.69, 9.17) is 0 Å². The number of aromatic nitrogens is 1. The number of nitrogens with zero attached hydrogens (tertiary/aromatic N) is 1. The molecule has 0 saturated heterocycles. The molecule has 0 aliphatic heterocycles. The van der Waals surface area contributed by atoms with E-state index < -0.39 is 0 Å². The average molecular weight is 637 g/mol. The normalized spacial score (nSPS) is 27.0. The maximum absolute atomic E-state index is 10.5. The van der Waals surface area contributed by atoms with Crippen molar-refractivity contribution >= 4 is 10.8 Å². The van der Waals surface area contributed by atoms with Gasteiger partial charge in [-0.25, -0.2) is 0 Å². The summed E-state index contributed by atoms with van der Waals surface area (Å²) in [6, 6.07) is 19.7. The Balaban J connectivity index is 0.000000186. The number of hydrogen-bond acceptors (Lipinski definition) is 3. The standard InChI is InChI=1S/C16H12N.C14H26O2.Ir/c1-12-7-8-15-14(11-12)9-10-17-16(15)13-5-3-2-4-6-13;1-13(2)7-5-6-9-8-14(3,4)12(16)10(9)11(13)15;/h2-5,7-11H,1H3;9-12,15-16H,5-8H2,1-4H3;/q-1;;. The van der Waals surface area contributed by atoms with Crippen molar-refractivity contribution in [3.63, 3.8) is 0 Å². The van der Waals surface area contributed by atoms with Crippen molar-refractivity contribution in [2.24, 2.45) is 22.7 Å². The summed E-state index contributed by atoms with van der Waals surface area (Å²) in [6.07, 6.45) is 5.67. The van der Waals surface area contributed by atoms with Crippen LogP contribution in [0.3, 0.4) is 0 Å². The quantitative estimate of drug-likeness (QED) is 0.297. The summed E-state index contributed by atoms with van der Waals surface area (Å²) in [5.74, 6) is 0.606. The second-order valence-corrected chi connectivity index (χ2v) is 11.5.